The van der Waals surface area contributed by atoms with Crippen LogP contribution in [0.2, 0.25) is 0 Å². The Morgan fingerprint density at radius 3 is 2.44 bits per heavy atom. The molecule has 0 aliphatic heterocycles. The monoisotopic (exact) mass is 728 g/mol. The summed E-state index contributed by atoms with van der Waals surface area (Å²) in [5.74, 6) is 3.62. The molecule has 3 aromatic rings. The Balaban J connectivity index is 1.01. The number of allylic oxidation sites excluding steroid dienone is 1. The van der Waals surface area contributed by atoms with E-state index in [4.69, 9.17) is 9.78 Å². The Morgan fingerprint density at radius 1 is 0.926 bits per heavy atom. The number of fused-ring (bicyclic) bond motifs is 7. The van der Waals surface area contributed by atoms with Gasteiger partial charge in [-0.1, -0.05) is 82.3 Å². The third kappa shape index (κ3) is 5.55. The van der Waals surface area contributed by atoms with Crippen molar-refractivity contribution in [2.75, 3.05) is 0 Å². The molecule has 0 spiro atoms. The van der Waals surface area contributed by atoms with Gasteiger partial charge >= 0.3 is 0 Å². The number of aliphatic hydroxyl groups excluding tert-OH is 1. The Kier molecular flexibility index (Phi) is 9.07. The second-order valence-electron chi connectivity index (χ2n) is 19.6. The lowest BCUT2D eigenvalue weighted by molar-refractivity contribution is -0.246. The van der Waals surface area contributed by atoms with Gasteiger partial charge in [0.25, 0.3) is 0 Å². The van der Waals surface area contributed by atoms with E-state index >= 15 is 0 Å². The van der Waals surface area contributed by atoms with Gasteiger partial charge in [-0.15, -0.1) is 0 Å². The van der Waals surface area contributed by atoms with E-state index in [1.165, 1.54) is 31.3 Å². The second kappa shape index (κ2) is 13.2. The van der Waals surface area contributed by atoms with Crippen molar-refractivity contribution < 1.29 is 14.4 Å². The van der Waals surface area contributed by atoms with Gasteiger partial charge in [-0.3, -0.25) is 4.79 Å². The van der Waals surface area contributed by atoms with Gasteiger partial charge in [-0.25, -0.2) is 0 Å². The summed E-state index contributed by atoms with van der Waals surface area (Å²) in [6.07, 6.45) is 11.2. The minimum Gasteiger partial charge on any atom is -0.393 e. The number of carbonyl (C=O) groups excluding carboxylic acids is 1. The zero-order chi connectivity index (χ0) is 38.3. The van der Waals surface area contributed by atoms with Crippen LogP contribution >= 0.6 is 0 Å². The Morgan fingerprint density at radius 2 is 1.70 bits per heavy atom. The summed E-state index contributed by atoms with van der Waals surface area (Å²) in [6, 6.07) is 17.6. The molecule has 54 heavy (non-hydrogen) atoms. The first-order chi connectivity index (χ1) is 25.7. The van der Waals surface area contributed by atoms with E-state index in [-0.39, 0.29) is 39.1 Å². The molecule has 7 heteroatoms. The minimum atomic E-state index is -0.374. The fraction of sp³-hybridized carbons (Fsp3) is 0.617. The van der Waals surface area contributed by atoms with Crippen LogP contribution in [-0.2, 0) is 17.8 Å². The van der Waals surface area contributed by atoms with E-state index in [1.54, 1.807) is 12.1 Å². The lowest BCUT2D eigenvalue weighted by Gasteiger charge is -2.72. The molecule has 8 rings (SSSR count). The molecular weight excluding hydrogens is 669 g/mol. The van der Waals surface area contributed by atoms with Crippen LogP contribution < -0.4 is 5.32 Å². The molecule has 286 valence electrons. The molecule has 2 N–H and O–H groups in total. The fourth-order valence-corrected chi connectivity index (χ4v) is 14.0. The molecule has 0 bridgehead atoms. The molecule has 1 aromatic heterocycles. The summed E-state index contributed by atoms with van der Waals surface area (Å²) in [5, 5.41) is 28.0. The number of aromatic nitrogens is 2. The highest BCUT2D eigenvalue weighted by Gasteiger charge is 2.71. The van der Waals surface area contributed by atoms with Gasteiger partial charge in [-0.2, -0.15) is 10.2 Å². The van der Waals surface area contributed by atoms with Crippen LogP contribution in [0.15, 0.2) is 65.2 Å². The van der Waals surface area contributed by atoms with Crippen molar-refractivity contribution in [1.82, 2.24) is 15.5 Å². The molecular formula is C47H60N4O3. The highest BCUT2D eigenvalue weighted by atomic mass is 16.5. The average molecular weight is 729 g/mol. The number of nitrogens with zero attached hydrogens (tertiary/aromatic N) is 3. The van der Waals surface area contributed by atoms with Crippen molar-refractivity contribution >= 4 is 5.91 Å². The van der Waals surface area contributed by atoms with Crippen molar-refractivity contribution in [3.05, 3.63) is 83.3 Å². The van der Waals surface area contributed by atoms with Crippen LogP contribution in [0.5, 0.6) is 0 Å². The second-order valence-corrected chi connectivity index (χ2v) is 19.6. The van der Waals surface area contributed by atoms with E-state index in [1.807, 2.05) is 24.3 Å². The molecule has 7 nitrogen and oxygen atoms in total. The van der Waals surface area contributed by atoms with E-state index in [2.05, 4.69) is 81.8 Å². The van der Waals surface area contributed by atoms with Crippen LogP contribution in [0.3, 0.4) is 0 Å². The predicted molar refractivity (Wildman–Crippen MR) is 211 cm³/mol. The number of nitrogens with one attached hydrogen (secondary N) is 1. The number of nitriles is 1. The van der Waals surface area contributed by atoms with Gasteiger partial charge in [-0.05, 0) is 152 Å². The van der Waals surface area contributed by atoms with Gasteiger partial charge < -0.3 is 14.9 Å². The highest BCUT2D eigenvalue weighted by molar-refractivity contribution is 5.84. The van der Waals surface area contributed by atoms with Crippen LogP contribution in [0, 0.1) is 68.0 Å². The number of hydrogen-bond acceptors (Lipinski definition) is 6. The van der Waals surface area contributed by atoms with Crippen LogP contribution in [0.25, 0.3) is 11.4 Å². The van der Waals surface area contributed by atoms with Crippen molar-refractivity contribution in [2.24, 2.45) is 56.7 Å². The number of aliphatic hydroxyl groups is 1. The maximum atomic E-state index is 14.8. The third-order valence-electron chi connectivity index (χ3n) is 17.0. The number of carbonyl (C=O) groups is 1. The van der Waals surface area contributed by atoms with Crippen LogP contribution in [0.1, 0.15) is 128 Å². The number of hydrogen-bond donors (Lipinski definition) is 2. The zero-order valence-electron chi connectivity index (χ0n) is 33.4. The number of benzene rings is 2. The lowest BCUT2D eigenvalue weighted by Crippen LogP contribution is -2.67. The van der Waals surface area contributed by atoms with Gasteiger partial charge in [0.2, 0.25) is 17.6 Å². The summed E-state index contributed by atoms with van der Waals surface area (Å²) in [6.45, 7) is 19.7. The van der Waals surface area contributed by atoms with Gasteiger partial charge in [0.1, 0.15) is 0 Å². The summed E-state index contributed by atoms with van der Waals surface area (Å²) in [4.78, 5) is 19.4. The largest absolute Gasteiger partial charge is 0.393 e. The predicted octanol–water partition coefficient (Wildman–Crippen LogP) is 9.83. The molecule has 0 radical (unpaired) electrons. The van der Waals surface area contributed by atoms with E-state index in [0.29, 0.717) is 59.8 Å². The third-order valence-corrected chi connectivity index (χ3v) is 17.0. The van der Waals surface area contributed by atoms with Gasteiger partial charge in [0.05, 0.1) is 29.6 Å². The quantitative estimate of drug-likeness (QED) is 0.234. The molecule has 1 heterocycles. The fourth-order valence-electron chi connectivity index (χ4n) is 14.0. The van der Waals surface area contributed by atoms with E-state index < -0.39 is 0 Å². The standard InChI is InChI=1S/C47H60N4O3/c1-29(2)34-17-22-47(42(53)49-28-32-9-8-10-33(25-32)41-50-39(54-51-41)26-30-11-13-31(27-48)14-12-30)24-23-45(6)35(40(34)47)15-16-37-44(5)20-19-38(52)43(3,4)36(44)18-21-46(37,45)7/h8-14,25,34-38,40,52H,1,15-24,26,28H2,2-7H3,(H,49,53)/t34?,35?,36?,37?,38-,40?,44-,45+,46+,47-/m0/s1. The summed E-state index contributed by atoms with van der Waals surface area (Å²) >= 11 is 0. The van der Waals surface area contributed by atoms with Gasteiger partial charge in [0, 0.05) is 12.1 Å². The molecule has 5 saturated carbocycles. The highest BCUT2D eigenvalue weighted by Crippen LogP contribution is 2.77. The van der Waals surface area contributed by atoms with Crippen molar-refractivity contribution in [3.8, 4) is 17.5 Å². The topological polar surface area (TPSA) is 112 Å². The first-order valence-corrected chi connectivity index (χ1v) is 20.7. The first-order valence-electron chi connectivity index (χ1n) is 20.7. The van der Waals surface area contributed by atoms with Crippen molar-refractivity contribution in [1.29, 1.82) is 5.26 Å². The van der Waals surface area contributed by atoms with Crippen molar-refractivity contribution in [3.63, 3.8) is 0 Å². The van der Waals surface area contributed by atoms with Crippen LogP contribution in [0.4, 0.5) is 0 Å². The SMILES string of the molecule is C=C(C)C1CC[C@]2(C(=O)NCc3cccc(-c4noc(Cc5ccc(C#N)cc5)n4)c3)CC[C@]3(C)C(CCC4[C@@]5(C)CC[C@H](O)C(C)(C)C5CC[C@]43C)C12. The first kappa shape index (κ1) is 37.2. The lowest BCUT2D eigenvalue weighted by atomic mass is 9.32. The summed E-state index contributed by atoms with van der Waals surface area (Å²) in [5.41, 5.74) is 4.92. The maximum Gasteiger partial charge on any atom is 0.231 e. The summed E-state index contributed by atoms with van der Waals surface area (Å²) in [7, 11) is 0. The Labute approximate surface area is 322 Å². The molecule has 5 aliphatic carbocycles. The Bertz CT molecular complexity index is 1980. The molecule has 5 fully saturated rings. The number of rotatable bonds is 7. The van der Waals surface area contributed by atoms with E-state index in [9.17, 15) is 9.90 Å². The average Bonchev–Trinajstić information content (AvgIpc) is 3.79. The minimum absolute atomic E-state index is 0.0520. The molecule has 2 aromatic carbocycles. The maximum absolute atomic E-state index is 14.8. The Hall–Kier alpha value is -3.76. The van der Waals surface area contributed by atoms with Crippen LogP contribution in [-0.4, -0.2) is 27.3 Å². The van der Waals surface area contributed by atoms with Crippen molar-refractivity contribution in [2.45, 2.75) is 125 Å². The normalized spacial score (nSPS) is 37.9. The van der Waals surface area contributed by atoms with E-state index in [0.717, 1.165) is 55.2 Å². The molecule has 5 unspecified atom stereocenters. The molecule has 1 amide bonds. The summed E-state index contributed by atoms with van der Waals surface area (Å²) < 4.78 is 5.60. The molecule has 0 saturated heterocycles. The van der Waals surface area contributed by atoms with Gasteiger partial charge in [0.15, 0.2) is 0 Å². The smallest absolute Gasteiger partial charge is 0.231 e. The molecule has 10 atom stereocenters. The zero-order valence-corrected chi connectivity index (χ0v) is 33.4. The molecule has 5 aliphatic rings. The number of amides is 1.